The quantitative estimate of drug-likeness (QED) is 0.889. The van der Waals surface area contributed by atoms with Gasteiger partial charge in [-0.15, -0.1) is 0 Å². The lowest BCUT2D eigenvalue weighted by molar-refractivity contribution is 0.237. The standard InChI is InChI=1S/C14H24N4/c1-2-15-14-16-9-8-13(17-14)12-18-10-6-4-3-5-7-11-18/h8-9H,2-7,10-12H2,1H3,(H,15,16,17). The van der Waals surface area contributed by atoms with Gasteiger partial charge in [0.15, 0.2) is 0 Å². The van der Waals surface area contributed by atoms with Gasteiger partial charge in [0.2, 0.25) is 5.95 Å². The SMILES string of the molecule is CCNc1nccc(CN2CCCCCCC2)n1. The molecule has 4 heteroatoms. The molecule has 0 atom stereocenters. The number of nitrogens with one attached hydrogen (secondary N) is 1. The third kappa shape index (κ3) is 4.26. The van der Waals surface area contributed by atoms with Crippen LogP contribution < -0.4 is 5.32 Å². The van der Waals surface area contributed by atoms with E-state index in [1.54, 1.807) is 0 Å². The van der Waals surface area contributed by atoms with Crippen molar-refractivity contribution in [3.8, 4) is 0 Å². The van der Waals surface area contributed by atoms with Crippen LogP contribution in [0.25, 0.3) is 0 Å². The second-order valence-corrected chi connectivity index (χ2v) is 4.95. The van der Waals surface area contributed by atoms with E-state index in [-0.39, 0.29) is 0 Å². The molecule has 100 valence electrons. The molecule has 1 saturated heterocycles. The zero-order valence-corrected chi connectivity index (χ0v) is 11.4. The first kappa shape index (κ1) is 13.3. The molecule has 1 aliphatic heterocycles. The summed E-state index contributed by atoms with van der Waals surface area (Å²) >= 11 is 0. The molecule has 1 fully saturated rings. The summed E-state index contributed by atoms with van der Waals surface area (Å²) in [5, 5.41) is 3.17. The summed E-state index contributed by atoms with van der Waals surface area (Å²) in [4.78, 5) is 11.3. The van der Waals surface area contributed by atoms with E-state index in [0.717, 1.165) is 24.7 Å². The number of rotatable bonds is 4. The Labute approximate surface area is 110 Å². The van der Waals surface area contributed by atoms with E-state index < -0.39 is 0 Å². The largest absolute Gasteiger partial charge is 0.354 e. The van der Waals surface area contributed by atoms with Gasteiger partial charge in [-0.25, -0.2) is 9.97 Å². The van der Waals surface area contributed by atoms with Gasteiger partial charge in [0, 0.05) is 19.3 Å². The van der Waals surface area contributed by atoms with Gasteiger partial charge >= 0.3 is 0 Å². The first-order chi connectivity index (χ1) is 8.88. The van der Waals surface area contributed by atoms with Gasteiger partial charge in [-0.1, -0.05) is 19.3 Å². The van der Waals surface area contributed by atoms with Crippen LogP contribution in [0.15, 0.2) is 12.3 Å². The summed E-state index contributed by atoms with van der Waals surface area (Å²) in [7, 11) is 0. The highest BCUT2D eigenvalue weighted by Gasteiger charge is 2.09. The van der Waals surface area contributed by atoms with Crippen LogP contribution in [0.3, 0.4) is 0 Å². The predicted octanol–water partition coefficient (Wildman–Crippen LogP) is 2.67. The molecule has 4 nitrogen and oxygen atoms in total. The smallest absolute Gasteiger partial charge is 0.222 e. The minimum absolute atomic E-state index is 0.752. The first-order valence-corrected chi connectivity index (χ1v) is 7.16. The van der Waals surface area contributed by atoms with Crippen molar-refractivity contribution in [3.05, 3.63) is 18.0 Å². The predicted molar refractivity (Wildman–Crippen MR) is 74.6 cm³/mol. The summed E-state index contributed by atoms with van der Waals surface area (Å²) in [5.41, 5.74) is 1.13. The average molecular weight is 248 g/mol. The number of anilines is 1. The molecule has 0 saturated carbocycles. The Kier molecular flexibility index (Phi) is 5.39. The zero-order chi connectivity index (χ0) is 12.6. The van der Waals surface area contributed by atoms with Crippen molar-refractivity contribution in [1.29, 1.82) is 0 Å². The molecule has 0 radical (unpaired) electrons. The third-order valence-corrected chi connectivity index (χ3v) is 3.38. The van der Waals surface area contributed by atoms with E-state index in [0.29, 0.717) is 0 Å². The second-order valence-electron chi connectivity index (χ2n) is 4.95. The highest BCUT2D eigenvalue weighted by atomic mass is 15.1. The van der Waals surface area contributed by atoms with E-state index in [2.05, 4.69) is 27.1 Å². The topological polar surface area (TPSA) is 41.1 Å². The first-order valence-electron chi connectivity index (χ1n) is 7.16. The van der Waals surface area contributed by atoms with Crippen molar-refractivity contribution in [2.45, 2.75) is 45.6 Å². The van der Waals surface area contributed by atoms with Crippen LogP contribution in [-0.4, -0.2) is 34.5 Å². The van der Waals surface area contributed by atoms with Gasteiger partial charge in [-0.05, 0) is 38.9 Å². The maximum Gasteiger partial charge on any atom is 0.222 e. The molecule has 2 heterocycles. The zero-order valence-electron chi connectivity index (χ0n) is 11.4. The monoisotopic (exact) mass is 248 g/mol. The Hall–Kier alpha value is -1.16. The number of nitrogens with zero attached hydrogens (tertiary/aromatic N) is 3. The third-order valence-electron chi connectivity index (χ3n) is 3.38. The summed E-state index contributed by atoms with van der Waals surface area (Å²) < 4.78 is 0. The molecule has 2 rings (SSSR count). The maximum atomic E-state index is 4.55. The molecule has 0 aliphatic carbocycles. The minimum Gasteiger partial charge on any atom is -0.354 e. The number of likely N-dealkylation sites (tertiary alicyclic amines) is 1. The van der Waals surface area contributed by atoms with E-state index in [1.807, 2.05) is 12.3 Å². The fourth-order valence-corrected chi connectivity index (χ4v) is 2.43. The Balaban J connectivity index is 1.92. The second kappa shape index (κ2) is 7.31. The molecule has 0 bridgehead atoms. The Bertz CT molecular complexity index is 345. The Morgan fingerprint density at radius 3 is 2.61 bits per heavy atom. The van der Waals surface area contributed by atoms with Crippen LogP contribution in [0.5, 0.6) is 0 Å². The molecule has 1 aromatic heterocycles. The molecule has 1 aromatic rings. The van der Waals surface area contributed by atoms with Crippen LogP contribution in [-0.2, 0) is 6.54 Å². The van der Waals surface area contributed by atoms with Gasteiger partial charge in [0.05, 0.1) is 5.69 Å². The lowest BCUT2D eigenvalue weighted by Gasteiger charge is -2.24. The van der Waals surface area contributed by atoms with Gasteiger partial charge < -0.3 is 5.32 Å². The van der Waals surface area contributed by atoms with Crippen LogP contribution in [0, 0.1) is 0 Å². The number of hydrogen-bond donors (Lipinski definition) is 1. The van der Waals surface area contributed by atoms with Crippen LogP contribution in [0.1, 0.15) is 44.7 Å². The summed E-state index contributed by atoms with van der Waals surface area (Å²) in [6.07, 6.45) is 8.67. The summed E-state index contributed by atoms with van der Waals surface area (Å²) in [6, 6.07) is 2.03. The number of hydrogen-bond acceptors (Lipinski definition) is 4. The maximum absolute atomic E-state index is 4.55. The van der Waals surface area contributed by atoms with Gasteiger partial charge in [0.1, 0.15) is 0 Å². The molecule has 1 N–H and O–H groups in total. The van der Waals surface area contributed by atoms with Crippen LogP contribution in [0.2, 0.25) is 0 Å². The Morgan fingerprint density at radius 1 is 1.17 bits per heavy atom. The van der Waals surface area contributed by atoms with Crippen molar-refractivity contribution in [1.82, 2.24) is 14.9 Å². The van der Waals surface area contributed by atoms with Gasteiger partial charge in [-0.2, -0.15) is 0 Å². The fraction of sp³-hybridized carbons (Fsp3) is 0.714. The highest BCUT2D eigenvalue weighted by Crippen LogP contribution is 2.13. The van der Waals surface area contributed by atoms with Crippen molar-refractivity contribution >= 4 is 5.95 Å². The van der Waals surface area contributed by atoms with Crippen LogP contribution >= 0.6 is 0 Å². The lowest BCUT2D eigenvalue weighted by Crippen LogP contribution is -2.27. The molecule has 0 unspecified atom stereocenters. The van der Waals surface area contributed by atoms with Gasteiger partial charge in [0.25, 0.3) is 0 Å². The van der Waals surface area contributed by atoms with E-state index >= 15 is 0 Å². The lowest BCUT2D eigenvalue weighted by atomic mass is 10.1. The molecular weight excluding hydrogens is 224 g/mol. The van der Waals surface area contributed by atoms with E-state index in [1.165, 1.54) is 45.2 Å². The number of aromatic nitrogens is 2. The Morgan fingerprint density at radius 2 is 1.89 bits per heavy atom. The molecule has 18 heavy (non-hydrogen) atoms. The van der Waals surface area contributed by atoms with E-state index in [9.17, 15) is 0 Å². The minimum atomic E-state index is 0.752. The normalized spacial score (nSPS) is 18.1. The van der Waals surface area contributed by atoms with Crippen molar-refractivity contribution in [3.63, 3.8) is 0 Å². The van der Waals surface area contributed by atoms with Crippen molar-refractivity contribution in [2.24, 2.45) is 0 Å². The fourth-order valence-electron chi connectivity index (χ4n) is 2.43. The summed E-state index contributed by atoms with van der Waals surface area (Å²) in [6.45, 7) is 6.31. The van der Waals surface area contributed by atoms with Gasteiger partial charge in [-0.3, -0.25) is 4.90 Å². The highest BCUT2D eigenvalue weighted by molar-refractivity contribution is 5.24. The molecule has 0 spiro atoms. The molecular formula is C14H24N4. The van der Waals surface area contributed by atoms with Crippen molar-refractivity contribution < 1.29 is 0 Å². The molecule has 0 aromatic carbocycles. The molecule has 1 aliphatic rings. The average Bonchev–Trinajstić information content (AvgIpc) is 2.33. The molecule has 0 amide bonds. The summed E-state index contributed by atoms with van der Waals surface area (Å²) in [5.74, 6) is 0.752. The van der Waals surface area contributed by atoms with Crippen LogP contribution in [0.4, 0.5) is 5.95 Å². The van der Waals surface area contributed by atoms with Crippen molar-refractivity contribution in [2.75, 3.05) is 25.0 Å². The van der Waals surface area contributed by atoms with E-state index in [4.69, 9.17) is 0 Å².